The van der Waals surface area contributed by atoms with Gasteiger partial charge in [-0.3, -0.25) is 14.5 Å². The molecule has 4 rings (SSSR count). The molecule has 0 bridgehead atoms. The molecule has 0 aliphatic carbocycles. The van der Waals surface area contributed by atoms with E-state index in [1.54, 1.807) is 11.8 Å². The molecule has 1 saturated heterocycles. The first-order chi connectivity index (χ1) is 15.5. The summed E-state index contributed by atoms with van der Waals surface area (Å²) in [5, 5.41) is 4.62. The average Bonchev–Trinajstić information content (AvgIpc) is 3.42. The number of rotatable bonds is 8. The molecular formula is C25H25N3O3S. The van der Waals surface area contributed by atoms with Gasteiger partial charge >= 0.3 is 6.03 Å². The molecule has 1 aliphatic heterocycles. The van der Waals surface area contributed by atoms with Crippen molar-refractivity contribution in [1.29, 1.82) is 0 Å². The summed E-state index contributed by atoms with van der Waals surface area (Å²) in [7, 11) is 0. The van der Waals surface area contributed by atoms with Crippen molar-refractivity contribution >= 4 is 29.2 Å². The molecule has 3 aromatic rings. The largest absolute Gasteiger partial charge is 0.336 e. The molecule has 7 heteroatoms. The Morgan fingerprint density at radius 1 is 0.969 bits per heavy atom. The van der Waals surface area contributed by atoms with Gasteiger partial charge in [0.15, 0.2) is 5.54 Å². The zero-order valence-corrected chi connectivity index (χ0v) is 18.7. The van der Waals surface area contributed by atoms with Crippen LogP contribution < -0.4 is 5.32 Å². The maximum atomic E-state index is 13.3. The molecule has 1 fully saturated rings. The summed E-state index contributed by atoms with van der Waals surface area (Å²) in [4.78, 5) is 42.5. The second-order valence-electron chi connectivity index (χ2n) is 7.96. The third kappa shape index (κ3) is 4.57. The molecule has 2 aromatic carbocycles. The van der Waals surface area contributed by atoms with E-state index in [1.807, 2.05) is 78.2 Å². The first-order valence-corrected chi connectivity index (χ1v) is 11.4. The predicted octanol–water partition coefficient (Wildman–Crippen LogP) is 3.79. The maximum Gasteiger partial charge on any atom is 0.325 e. The number of urea groups is 1. The quantitative estimate of drug-likeness (QED) is 0.534. The normalized spacial score (nSPS) is 18.0. The van der Waals surface area contributed by atoms with E-state index in [0.29, 0.717) is 19.5 Å². The van der Waals surface area contributed by atoms with Crippen LogP contribution in [0.25, 0.3) is 0 Å². The topological polar surface area (TPSA) is 69.7 Å². The lowest BCUT2D eigenvalue weighted by Gasteiger charge is -2.25. The Kier molecular flexibility index (Phi) is 6.37. The van der Waals surface area contributed by atoms with Gasteiger partial charge in [0.2, 0.25) is 5.91 Å². The van der Waals surface area contributed by atoms with Crippen LogP contribution in [0.2, 0.25) is 0 Å². The van der Waals surface area contributed by atoms with Crippen molar-refractivity contribution in [2.45, 2.75) is 25.4 Å². The lowest BCUT2D eigenvalue weighted by Crippen LogP contribution is -2.44. The van der Waals surface area contributed by atoms with Crippen molar-refractivity contribution in [2.24, 2.45) is 0 Å². The highest BCUT2D eigenvalue weighted by atomic mass is 32.1. The van der Waals surface area contributed by atoms with Crippen molar-refractivity contribution in [3.8, 4) is 0 Å². The molecule has 4 amide bonds. The van der Waals surface area contributed by atoms with Gasteiger partial charge in [0.25, 0.3) is 5.91 Å². The highest BCUT2D eigenvalue weighted by Gasteiger charge is 2.50. The minimum absolute atomic E-state index is 0.260. The molecule has 0 saturated carbocycles. The molecule has 0 radical (unpaired) electrons. The van der Waals surface area contributed by atoms with Gasteiger partial charge in [0, 0.05) is 18.0 Å². The Hall–Kier alpha value is -3.45. The standard InChI is InChI=1S/C25H25N3O3S/c1-25(21-13-8-16-32-21)23(30)28(24(31)26-25)18-22(29)27(17-20-11-6-3-7-12-20)15-14-19-9-4-2-5-10-19/h2-13,16H,14-15,17-18H2,1H3,(H,26,31). The number of benzene rings is 2. The van der Waals surface area contributed by atoms with Crippen molar-refractivity contribution < 1.29 is 14.4 Å². The fraction of sp³-hybridized carbons (Fsp3) is 0.240. The molecule has 1 aliphatic rings. The Labute approximate surface area is 191 Å². The van der Waals surface area contributed by atoms with E-state index in [4.69, 9.17) is 0 Å². The highest BCUT2D eigenvalue weighted by molar-refractivity contribution is 7.10. The molecule has 1 aromatic heterocycles. The summed E-state index contributed by atoms with van der Waals surface area (Å²) in [6, 6.07) is 22.8. The highest BCUT2D eigenvalue weighted by Crippen LogP contribution is 2.31. The smallest absolute Gasteiger partial charge is 0.325 e. The molecule has 1 N–H and O–H groups in total. The number of hydrogen-bond donors (Lipinski definition) is 1. The van der Waals surface area contributed by atoms with Crippen LogP contribution in [0.4, 0.5) is 4.79 Å². The van der Waals surface area contributed by atoms with Crippen LogP contribution in [0, 0.1) is 0 Å². The molecule has 1 unspecified atom stereocenters. The summed E-state index contributed by atoms with van der Waals surface area (Å²) in [6.07, 6.45) is 0.687. The first-order valence-electron chi connectivity index (χ1n) is 10.5. The molecule has 6 nitrogen and oxygen atoms in total. The summed E-state index contributed by atoms with van der Waals surface area (Å²) in [6.45, 7) is 2.30. The van der Waals surface area contributed by atoms with Gasteiger partial charge in [-0.25, -0.2) is 4.79 Å². The van der Waals surface area contributed by atoms with E-state index in [0.717, 1.165) is 20.9 Å². The van der Waals surface area contributed by atoms with Crippen LogP contribution in [0.15, 0.2) is 78.2 Å². The van der Waals surface area contributed by atoms with E-state index in [9.17, 15) is 14.4 Å². The van der Waals surface area contributed by atoms with Crippen LogP contribution >= 0.6 is 11.3 Å². The van der Waals surface area contributed by atoms with Crippen LogP contribution in [0.1, 0.15) is 22.9 Å². The van der Waals surface area contributed by atoms with E-state index in [1.165, 1.54) is 11.3 Å². The van der Waals surface area contributed by atoms with Gasteiger partial charge in [-0.2, -0.15) is 0 Å². The van der Waals surface area contributed by atoms with E-state index in [2.05, 4.69) is 5.32 Å². The maximum absolute atomic E-state index is 13.3. The van der Waals surface area contributed by atoms with Gasteiger partial charge in [-0.05, 0) is 35.9 Å². The SMILES string of the molecule is CC1(c2cccs2)NC(=O)N(CC(=O)N(CCc2ccccc2)Cc2ccccc2)C1=O. The van der Waals surface area contributed by atoms with E-state index < -0.39 is 17.5 Å². The first kappa shape index (κ1) is 21.8. The Morgan fingerprint density at radius 3 is 2.25 bits per heavy atom. The summed E-state index contributed by atoms with van der Waals surface area (Å²) in [5.74, 6) is -0.662. The summed E-state index contributed by atoms with van der Waals surface area (Å²) < 4.78 is 0. The Morgan fingerprint density at radius 2 is 1.62 bits per heavy atom. The van der Waals surface area contributed by atoms with Gasteiger partial charge in [-0.1, -0.05) is 66.7 Å². The lowest BCUT2D eigenvalue weighted by atomic mass is 10.0. The number of imide groups is 1. The number of carbonyl (C=O) groups excluding carboxylic acids is 3. The van der Waals surface area contributed by atoms with Crippen LogP contribution in [0.3, 0.4) is 0 Å². The fourth-order valence-electron chi connectivity index (χ4n) is 3.81. The van der Waals surface area contributed by atoms with Crippen LogP contribution in [0.5, 0.6) is 0 Å². The molecule has 0 spiro atoms. The van der Waals surface area contributed by atoms with Crippen LogP contribution in [-0.4, -0.2) is 40.7 Å². The van der Waals surface area contributed by atoms with Gasteiger partial charge in [0.05, 0.1) is 0 Å². The fourth-order valence-corrected chi connectivity index (χ4v) is 4.65. The van der Waals surface area contributed by atoms with Crippen LogP contribution in [-0.2, 0) is 28.1 Å². The van der Waals surface area contributed by atoms with Gasteiger partial charge < -0.3 is 10.2 Å². The molecular weight excluding hydrogens is 422 g/mol. The minimum Gasteiger partial charge on any atom is -0.336 e. The van der Waals surface area contributed by atoms with E-state index in [-0.39, 0.29) is 12.5 Å². The molecule has 164 valence electrons. The zero-order valence-electron chi connectivity index (χ0n) is 17.9. The summed E-state index contributed by atoms with van der Waals surface area (Å²) >= 11 is 1.40. The van der Waals surface area contributed by atoms with Crippen molar-refractivity contribution in [1.82, 2.24) is 15.1 Å². The predicted molar refractivity (Wildman–Crippen MR) is 124 cm³/mol. The number of nitrogens with zero attached hydrogens (tertiary/aromatic N) is 2. The number of hydrogen-bond acceptors (Lipinski definition) is 4. The van der Waals surface area contributed by atoms with Crippen molar-refractivity contribution in [3.05, 3.63) is 94.2 Å². The second kappa shape index (κ2) is 9.36. The van der Waals surface area contributed by atoms with Crippen molar-refractivity contribution in [3.63, 3.8) is 0 Å². The third-order valence-electron chi connectivity index (χ3n) is 5.66. The molecule has 32 heavy (non-hydrogen) atoms. The second-order valence-corrected chi connectivity index (χ2v) is 8.91. The van der Waals surface area contributed by atoms with Crippen molar-refractivity contribution in [2.75, 3.05) is 13.1 Å². The Bertz CT molecular complexity index is 1090. The lowest BCUT2D eigenvalue weighted by molar-refractivity contribution is -0.139. The number of amides is 4. The number of carbonyl (C=O) groups is 3. The average molecular weight is 448 g/mol. The van der Waals surface area contributed by atoms with E-state index >= 15 is 0 Å². The number of nitrogens with one attached hydrogen (secondary N) is 1. The zero-order chi connectivity index (χ0) is 22.6. The van der Waals surface area contributed by atoms with Gasteiger partial charge in [-0.15, -0.1) is 11.3 Å². The number of thiophene rings is 1. The summed E-state index contributed by atoms with van der Waals surface area (Å²) in [5.41, 5.74) is 0.980. The third-order valence-corrected chi connectivity index (χ3v) is 6.76. The Balaban J connectivity index is 1.50. The monoisotopic (exact) mass is 447 g/mol. The molecule has 2 heterocycles. The minimum atomic E-state index is -1.14. The molecule has 1 atom stereocenters. The van der Waals surface area contributed by atoms with Gasteiger partial charge in [0.1, 0.15) is 6.54 Å².